The van der Waals surface area contributed by atoms with Crippen molar-refractivity contribution in [3.05, 3.63) is 35.1 Å². The molecule has 2 saturated heterocycles. The van der Waals surface area contributed by atoms with E-state index in [1.807, 2.05) is 0 Å². The zero-order valence-electron chi connectivity index (χ0n) is 20.6. The average Bonchev–Trinajstić information content (AvgIpc) is 3.40. The largest absolute Gasteiger partial charge is 0.465 e. The van der Waals surface area contributed by atoms with Crippen LogP contribution in [0.2, 0.25) is 0 Å². The van der Waals surface area contributed by atoms with Crippen molar-refractivity contribution in [2.45, 2.75) is 75.7 Å². The summed E-state index contributed by atoms with van der Waals surface area (Å²) in [6.07, 6.45) is -0.0287. The Morgan fingerprint density at radius 1 is 1.08 bits per heavy atom. The van der Waals surface area contributed by atoms with Gasteiger partial charge in [0.2, 0.25) is 15.9 Å². The van der Waals surface area contributed by atoms with E-state index < -0.39 is 45.1 Å². The molecule has 2 heterocycles. The fourth-order valence-corrected chi connectivity index (χ4v) is 7.47. The fraction of sp³-hybridized carbons (Fsp3) is 0.667. The smallest absolute Gasteiger partial charge is 0.408 e. The molecule has 1 aromatic rings. The van der Waals surface area contributed by atoms with Crippen LogP contribution in [0.4, 0.5) is 18.0 Å². The number of fused-ring (bicyclic) bond motifs is 1. The second-order valence-corrected chi connectivity index (χ2v) is 13.2. The maximum absolute atomic E-state index is 14.5. The van der Waals surface area contributed by atoms with Gasteiger partial charge in [0.1, 0.15) is 5.82 Å². The molecule has 2 amide bonds. The molecule has 1 saturated carbocycles. The molecule has 1 aliphatic carbocycles. The van der Waals surface area contributed by atoms with Crippen molar-refractivity contribution >= 4 is 22.0 Å². The first-order chi connectivity index (χ1) is 16.7. The minimum atomic E-state index is -3.38. The molecule has 8 nitrogen and oxygen atoms in total. The SMILES string of the molecule is CC(C)(C)N(C(=O)O)[C@@H](CC(=O)N1CC[C@H]2CN(S(=O)(=O)C3CC3)C[C@H]21)Cc1cc(F)c(F)cc1F. The minimum Gasteiger partial charge on any atom is -0.465 e. The molecule has 3 atom stereocenters. The van der Waals surface area contributed by atoms with Crippen molar-refractivity contribution in [3.63, 3.8) is 0 Å². The highest BCUT2D eigenvalue weighted by atomic mass is 32.2. The summed E-state index contributed by atoms with van der Waals surface area (Å²) < 4.78 is 68.6. The number of rotatable bonds is 7. The van der Waals surface area contributed by atoms with Crippen molar-refractivity contribution in [1.82, 2.24) is 14.1 Å². The van der Waals surface area contributed by atoms with Gasteiger partial charge in [-0.25, -0.2) is 26.4 Å². The van der Waals surface area contributed by atoms with Crippen LogP contribution in [0.3, 0.4) is 0 Å². The van der Waals surface area contributed by atoms with Crippen LogP contribution in [0.1, 0.15) is 52.0 Å². The molecule has 36 heavy (non-hydrogen) atoms. The number of likely N-dealkylation sites (tertiary alicyclic amines) is 1. The molecule has 12 heteroatoms. The first kappa shape index (κ1) is 26.7. The van der Waals surface area contributed by atoms with Crippen LogP contribution in [0.25, 0.3) is 0 Å². The Morgan fingerprint density at radius 2 is 1.72 bits per heavy atom. The van der Waals surface area contributed by atoms with Gasteiger partial charge >= 0.3 is 6.09 Å². The molecular weight excluding hydrogens is 499 g/mol. The van der Waals surface area contributed by atoms with E-state index in [2.05, 4.69) is 0 Å². The lowest BCUT2D eigenvalue weighted by Crippen LogP contribution is -2.54. The number of hydrogen-bond acceptors (Lipinski definition) is 4. The molecule has 0 radical (unpaired) electrons. The normalized spacial score (nSPS) is 23.6. The van der Waals surface area contributed by atoms with Crippen LogP contribution in [0.5, 0.6) is 0 Å². The summed E-state index contributed by atoms with van der Waals surface area (Å²) in [6, 6.07) is -0.265. The van der Waals surface area contributed by atoms with E-state index in [1.54, 1.807) is 25.7 Å². The highest BCUT2D eigenvalue weighted by Crippen LogP contribution is 2.38. The lowest BCUT2D eigenvalue weighted by atomic mass is 9.95. The van der Waals surface area contributed by atoms with Gasteiger partial charge in [0.25, 0.3) is 0 Å². The Balaban J connectivity index is 1.56. The number of sulfonamides is 1. The number of halogens is 3. The van der Waals surface area contributed by atoms with Gasteiger partial charge in [-0.2, -0.15) is 4.31 Å². The Labute approximate surface area is 209 Å². The zero-order valence-corrected chi connectivity index (χ0v) is 21.4. The molecule has 3 aliphatic rings. The summed E-state index contributed by atoms with van der Waals surface area (Å²) in [5, 5.41) is 9.59. The van der Waals surface area contributed by atoms with Gasteiger partial charge in [-0.3, -0.25) is 9.69 Å². The lowest BCUT2D eigenvalue weighted by Gasteiger charge is -2.40. The van der Waals surface area contributed by atoms with Crippen LogP contribution in [0, 0.1) is 23.4 Å². The van der Waals surface area contributed by atoms with Gasteiger partial charge in [0, 0.05) is 49.7 Å². The van der Waals surface area contributed by atoms with Crippen LogP contribution in [-0.4, -0.2) is 82.1 Å². The Hall–Kier alpha value is -2.34. The maximum atomic E-state index is 14.5. The summed E-state index contributed by atoms with van der Waals surface area (Å²) in [4.78, 5) is 28.3. The predicted octanol–water partition coefficient (Wildman–Crippen LogP) is 3.21. The van der Waals surface area contributed by atoms with Crippen molar-refractivity contribution in [1.29, 1.82) is 0 Å². The number of nitrogens with zero attached hydrogens (tertiary/aromatic N) is 3. The van der Waals surface area contributed by atoms with Gasteiger partial charge in [0.15, 0.2) is 11.6 Å². The first-order valence-corrected chi connectivity index (χ1v) is 13.6. The molecule has 0 unspecified atom stereocenters. The molecule has 4 rings (SSSR count). The molecule has 0 bridgehead atoms. The van der Waals surface area contributed by atoms with Gasteiger partial charge in [0.05, 0.1) is 5.25 Å². The van der Waals surface area contributed by atoms with Crippen LogP contribution >= 0.6 is 0 Å². The number of carbonyl (C=O) groups is 2. The molecular formula is C24H32F3N3O5S. The van der Waals surface area contributed by atoms with Crippen molar-refractivity contribution in [3.8, 4) is 0 Å². The van der Waals surface area contributed by atoms with E-state index in [4.69, 9.17) is 0 Å². The highest BCUT2D eigenvalue weighted by molar-refractivity contribution is 7.90. The molecule has 0 spiro atoms. The second kappa shape index (κ2) is 9.51. The van der Waals surface area contributed by atoms with Gasteiger partial charge in [-0.15, -0.1) is 0 Å². The summed E-state index contributed by atoms with van der Waals surface area (Å²) >= 11 is 0. The van der Waals surface area contributed by atoms with E-state index in [-0.39, 0.29) is 48.1 Å². The Morgan fingerprint density at radius 3 is 2.31 bits per heavy atom. The summed E-state index contributed by atoms with van der Waals surface area (Å²) in [7, 11) is -3.38. The second-order valence-electron chi connectivity index (χ2n) is 11.0. The number of carboxylic acid groups (broad SMARTS) is 1. The summed E-state index contributed by atoms with van der Waals surface area (Å²) in [5.41, 5.74) is -1.20. The van der Waals surface area contributed by atoms with Crippen molar-refractivity contribution in [2.24, 2.45) is 5.92 Å². The molecule has 2 aliphatic heterocycles. The quantitative estimate of drug-likeness (QED) is 0.545. The third kappa shape index (κ3) is 5.20. The van der Waals surface area contributed by atoms with E-state index in [0.29, 0.717) is 44.5 Å². The van der Waals surface area contributed by atoms with E-state index >= 15 is 0 Å². The number of benzene rings is 1. The van der Waals surface area contributed by atoms with Crippen LogP contribution in [-0.2, 0) is 21.2 Å². The molecule has 200 valence electrons. The molecule has 1 aromatic carbocycles. The van der Waals surface area contributed by atoms with Gasteiger partial charge in [-0.1, -0.05) is 0 Å². The summed E-state index contributed by atoms with van der Waals surface area (Å²) in [5.74, 6) is -4.02. The van der Waals surface area contributed by atoms with Gasteiger partial charge in [-0.05, 0) is 64.0 Å². The Kier molecular flexibility index (Phi) is 7.06. The third-order valence-electron chi connectivity index (χ3n) is 7.39. The van der Waals surface area contributed by atoms with Crippen LogP contribution < -0.4 is 0 Å². The molecule has 0 aromatic heterocycles. The number of amides is 2. The van der Waals surface area contributed by atoms with E-state index in [9.17, 15) is 36.3 Å². The van der Waals surface area contributed by atoms with Crippen molar-refractivity contribution < 1.29 is 36.3 Å². The zero-order chi connectivity index (χ0) is 26.6. The minimum absolute atomic E-state index is 0.00255. The predicted molar refractivity (Wildman–Crippen MR) is 125 cm³/mol. The van der Waals surface area contributed by atoms with Crippen molar-refractivity contribution in [2.75, 3.05) is 19.6 Å². The maximum Gasteiger partial charge on any atom is 0.408 e. The number of hydrogen-bond donors (Lipinski definition) is 1. The van der Waals surface area contributed by atoms with Crippen LogP contribution in [0.15, 0.2) is 12.1 Å². The number of carbonyl (C=O) groups excluding carboxylic acids is 1. The third-order valence-corrected chi connectivity index (χ3v) is 9.72. The van der Waals surface area contributed by atoms with Gasteiger partial charge < -0.3 is 10.0 Å². The van der Waals surface area contributed by atoms with E-state index in [1.165, 1.54) is 4.31 Å². The Bertz CT molecular complexity index is 1150. The molecule has 3 fully saturated rings. The fourth-order valence-electron chi connectivity index (χ4n) is 5.56. The molecule has 1 N–H and O–H groups in total. The standard InChI is InChI=1S/C24H32F3N3O5S/c1-24(2,3)30(23(32)33)16(8-15-9-19(26)20(27)11-18(15)25)10-22(31)29-7-6-14-12-28(13-21(14)29)36(34,35)17-4-5-17/h9,11,14,16-17,21H,4-8,10,12-13H2,1-3H3,(H,32,33)/t14-,16+,21+/m0/s1. The summed E-state index contributed by atoms with van der Waals surface area (Å²) in [6.45, 7) is 5.87. The monoisotopic (exact) mass is 531 g/mol. The average molecular weight is 532 g/mol. The first-order valence-electron chi connectivity index (χ1n) is 12.1. The lowest BCUT2D eigenvalue weighted by molar-refractivity contribution is -0.133. The topological polar surface area (TPSA) is 98.2 Å². The highest BCUT2D eigenvalue weighted by Gasteiger charge is 2.50. The van der Waals surface area contributed by atoms with E-state index in [0.717, 1.165) is 4.90 Å².